The van der Waals surface area contributed by atoms with Gasteiger partial charge in [0.05, 0.1) is 6.10 Å². The number of hydrogen-bond donors (Lipinski definition) is 1. The Morgan fingerprint density at radius 3 is 2.59 bits per heavy atom. The number of rotatable bonds is 3. The Balaban J connectivity index is 1.37. The van der Waals surface area contributed by atoms with Crippen molar-refractivity contribution in [2.75, 3.05) is 0 Å². The van der Waals surface area contributed by atoms with E-state index in [2.05, 4.69) is 26.8 Å². The minimum Gasteiger partial charge on any atom is -0.393 e. The molecule has 0 radical (unpaired) electrons. The molecule has 0 amide bonds. The second kappa shape index (κ2) is 7.54. The van der Waals surface area contributed by atoms with Gasteiger partial charge < -0.3 is 5.11 Å². The summed E-state index contributed by atoms with van der Waals surface area (Å²) in [6.07, 6.45) is 21.5. The summed E-state index contributed by atoms with van der Waals surface area (Å²) in [6, 6.07) is 0. The van der Waals surface area contributed by atoms with Crippen LogP contribution in [0.1, 0.15) is 111 Å². The molecule has 0 aromatic rings. The number of fused-ring (bicyclic) bond motifs is 4. The van der Waals surface area contributed by atoms with Gasteiger partial charge in [-0.3, -0.25) is 0 Å². The lowest BCUT2D eigenvalue weighted by molar-refractivity contribution is 0.0223. The van der Waals surface area contributed by atoms with Crippen molar-refractivity contribution in [3.63, 3.8) is 0 Å². The van der Waals surface area contributed by atoms with Crippen LogP contribution in [-0.2, 0) is 0 Å². The van der Waals surface area contributed by atoms with Crippen LogP contribution < -0.4 is 0 Å². The Kier molecular flexibility index (Phi) is 5.29. The first kappa shape index (κ1) is 20.3. The maximum Gasteiger partial charge on any atom is 0.0543 e. The molecule has 0 aromatic heterocycles. The van der Waals surface area contributed by atoms with Crippen molar-refractivity contribution in [2.45, 2.75) is 117 Å². The molecule has 5 aliphatic carbocycles. The van der Waals surface area contributed by atoms with Crippen molar-refractivity contribution in [2.24, 2.45) is 34.5 Å². The lowest BCUT2D eigenvalue weighted by atomic mass is 9.51. The first-order chi connectivity index (χ1) is 13.9. The van der Waals surface area contributed by atoms with E-state index in [4.69, 9.17) is 0 Å². The highest BCUT2D eigenvalue weighted by Gasteiger charge is 2.53. The Labute approximate surface area is 179 Å². The minimum absolute atomic E-state index is 0.0419. The summed E-state index contributed by atoms with van der Waals surface area (Å²) in [5.41, 5.74) is 6.21. The number of allylic oxidation sites excluding steroid dienone is 4. The van der Waals surface area contributed by atoms with Gasteiger partial charge in [0.15, 0.2) is 0 Å². The summed E-state index contributed by atoms with van der Waals surface area (Å²) < 4.78 is 0. The molecule has 1 N–H and O–H groups in total. The lowest BCUT2D eigenvalue weighted by Gasteiger charge is -2.54. The summed E-state index contributed by atoms with van der Waals surface area (Å²) in [4.78, 5) is 0. The van der Waals surface area contributed by atoms with Crippen molar-refractivity contribution in [1.29, 1.82) is 0 Å². The highest BCUT2D eigenvalue weighted by Crippen LogP contribution is 2.64. The van der Waals surface area contributed by atoms with E-state index < -0.39 is 0 Å². The van der Waals surface area contributed by atoms with E-state index in [1.165, 1.54) is 77.0 Å². The zero-order valence-corrected chi connectivity index (χ0v) is 19.3. The van der Waals surface area contributed by atoms with Crippen LogP contribution in [0.3, 0.4) is 0 Å². The monoisotopic (exact) mass is 396 g/mol. The summed E-state index contributed by atoms with van der Waals surface area (Å²) in [5, 5.41) is 10.3. The zero-order chi connectivity index (χ0) is 20.2. The lowest BCUT2D eigenvalue weighted by Crippen LogP contribution is -2.44. The Hall–Kier alpha value is -0.560. The highest BCUT2D eigenvalue weighted by atomic mass is 16.3. The van der Waals surface area contributed by atoms with Crippen LogP contribution in [0.5, 0.6) is 0 Å². The van der Waals surface area contributed by atoms with E-state index in [9.17, 15) is 5.11 Å². The molecule has 162 valence electrons. The van der Waals surface area contributed by atoms with Gasteiger partial charge in [-0.2, -0.15) is 0 Å². The molecule has 3 unspecified atom stereocenters. The standard InChI is InChI=1S/C28H44O/c1-19(17-20-7-5-4-6-8-20)24-11-12-25-23-10-9-21-18-22(29)13-15-27(21,2)26(23)14-16-28(24,25)3/h12,19-22,24,29H,4-11,13-18H2,1-3H3/t19?,21?,22?,24-,27+,28-/m1/s1. The van der Waals surface area contributed by atoms with E-state index in [1.54, 1.807) is 11.1 Å². The van der Waals surface area contributed by atoms with Gasteiger partial charge in [0.25, 0.3) is 0 Å². The Morgan fingerprint density at radius 2 is 1.79 bits per heavy atom. The van der Waals surface area contributed by atoms with Crippen LogP contribution in [0.4, 0.5) is 0 Å². The van der Waals surface area contributed by atoms with Crippen molar-refractivity contribution >= 4 is 0 Å². The molecule has 0 aromatic carbocycles. The first-order valence-electron chi connectivity index (χ1n) is 13.0. The van der Waals surface area contributed by atoms with Crippen molar-refractivity contribution < 1.29 is 5.11 Å². The molecule has 1 heteroatoms. The van der Waals surface area contributed by atoms with Gasteiger partial charge in [-0.05, 0) is 103 Å². The van der Waals surface area contributed by atoms with Crippen LogP contribution in [0.2, 0.25) is 0 Å². The smallest absolute Gasteiger partial charge is 0.0543 e. The molecular formula is C28H44O. The maximum absolute atomic E-state index is 10.3. The van der Waals surface area contributed by atoms with Gasteiger partial charge in [-0.25, -0.2) is 0 Å². The molecule has 5 aliphatic rings. The molecule has 0 heterocycles. The van der Waals surface area contributed by atoms with E-state index in [1.807, 2.05) is 5.57 Å². The van der Waals surface area contributed by atoms with Gasteiger partial charge >= 0.3 is 0 Å². The topological polar surface area (TPSA) is 20.2 Å². The van der Waals surface area contributed by atoms with Gasteiger partial charge in [0.1, 0.15) is 0 Å². The largest absolute Gasteiger partial charge is 0.393 e. The normalized spacial score (nSPS) is 44.0. The molecule has 0 spiro atoms. The third-order valence-corrected chi connectivity index (χ3v) is 10.6. The number of aliphatic hydroxyl groups is 1. The maximum atomic E-state index is 10.3. The molecule has 0 aliphatic heterocycles. The van der Waals surface area contributed by atoms with Crippen molar-refractivity contribution in [1.82, 2.24) is 0 Å². The van der Waals surface area contributed by atoms with Gasteiger partial charge in [-0.15, -0.1) is 0 Å². The van der Waals surface area contributed by atoms with E-state index >= 15 is 0 Å². The molecule has 2 fully saturated rings. The minimum atomic E-state index is -0.0419. The van der Waals surface area contributed by atoms with E-state index in [0.29, 0.717) is 10.8 Å². The summed E-state index contributed by atoms with van der Waals surface area (Å²) in [7, 11) is 0. The fourth-order valence-electron chi connectivity index (χ4n) is 8.84. The predicted molar refractivity (Wildman–Crippen MR) is 122 cm³/mol. The third-order valence-electron chi connectivity index (χ3n) is 10.6. The summed E-state index contributed by atoms with van der Waals surface area (Å²) in [6.45, 7) is 7.78. The quantitative estimate of drug-likeness (QED) is 0.521. The van der Waals surface area contributed by atoms with Crippen LogP contribution in [0.25, 0.3) is 0 Å². The molecule has 6 atom stereocenters. The SMILES string of the molecule is CC(CC1CCCCC1)[C@H]1CC=C2C3=C(CC[C@@]21C)[C@@]1(C)CCC(O)CC1CC3. The molecule has 29 heavy (non-hydrogen) atoms. The van der Waals surface area contributed by atoms with Gasteiger partial charge in [0, 0.05) is 0 Å². The summed E-state index contributed by atoms with van der Waals surface area (Å²) >= 11 is 0. The first-order valence-corrected chi connectivity index (χ1v) is 13.0. The van der Waals surface area contributed by atoms with Crippen molar-refractivity contribution in [3.05, 3.63) is 22.8 Å². The van der Waals surface area contributed by atoms with Crippen LogP contribution >= 0.6 is 0 Å². The fourth-order valence-corrected chi connectivity index (χ4v) is 8.84. The second-order valence-corrected chi connectivity index (χ2v) is 12.1. The predicted octanol–water partition coefficient (Wildman–Crippen LogP) is 7.60. The Bertz CT molecular complexity index is 695. The van der Waals surface area contributed by atoms with Gasteiger partial charge in [-0.1, -0.05) is 64.5 Å². The van der Waals surface area contributed by atoms with E-state index in [-0.39, 0.29) is 6.10 Å². The second-order valence-electron chi connectivity index (χ2n) is 12.1. The van der Waals surface area contributed by atoms with Crippen molar-refractivity contribution in [3.8, 4) is 0 Å². The fraction of sp³-hybridized carbons (Fsp3) is 0.857. The molecule has 0 bridgehead atoms. The average molecular weight is 397 g/mol. The van der Waals surface area contributed by atoms with Crippen LogP contribution in [0.15, 0.2) is 22.8 Å². The van der Waals surface area contributed by atoms with E-state index in [0.717, 1.165) is 36.5 Å². The molecule has 0 saturated heterocycles. The number of aliphatic hydroxyl groups excluding tert-OH is 1. The highest BCUT2D eigenvalue weighted by molar-refractivity contribution is 5.49. The number of hydrogen-bond acceptors (Lipinski definition) is 1. The molecule has 2 saturated carbocycles. The molecule has 5 rings (SSSR count). The third kappa shape index (κ3) is 3.29. The molecule has 1 nitrogen and oxygen atoms in total. The molecular weight excluding hydrogens is 352 g/mol. The Morgan fingerprint density at radius 1 is 1.00 bits per heavy atom. The average Bonchev–Trinajstić information content (AvgIpc) is 3.06. The summed E-state index contributed by atoms with van der Waals surface area (Å²) in [5.74, 6) is 3.47. The van der Waals surface area contributed by atoms with Crippen LogP contribution in [0, 0.1) is 34.5 Å². The van der Waals surface area contributed by atoms with Crippen LogP contribution in [-0.4, -0.2) is 11.2 Å². The van der Waals surface area contributed by atoms with Gasteiger partial charge in [0.2, 0.25) is 0 Å². The zero-order valence-electron chi connectivity index (χ0n) is 19.3.